The molecule has 0 radical (unpaired) electrons. The van der Waals surface area contributed by atoms with Gasteiger partial charge in [0.25, 0.3) is 0 Å². The van der Waals surface area contributed by atoms with Gasteiger partial charge in [-0.15, -0.1) is 0 Å². The topological polar surface area (TPSA) is 35.2 Å². The fraction of sp³-hybridized carbons (Fsp3) is 1.00. The van der Waals surface area contributed by atoms with E-state index in [-0.39, 0.29) is 5.41 Å². The first-order valence-electron chi connectivity index (χ1n) is 7.36. The third-order valence-electron chi connectivity index (χ3n) is 5.30. The van der Waals surface area contributed by atoms with E-state index < -0.39 is 0 Å². The lowest BCUT2D eigenvalue weighted by Crippen LogP contribution is -2.61. The van der Waals surface area contributed by atoms with Gasteiger partial charge in [-0.05, 0) is 43.9 Å². The maximum Gasteiger partial charge on any atom is 0.0662 e. The summed E-state index contributed by atoms with van der Waals surface area (Å²) in [6.45, 7) is 9.25. The van der Waals surface area contributed by atoms with Crippen LogP contribution in [-0.4, -0.2) is 18.2 Å². The summed E-state index contributed by atoms with van der Waals surface area (Å²) >= 11 is 0. The lowest BCUT2D eigenvalue weighted by atomic mass is 9.62. The predicted molar refractivity (Wildman–Crippen MR) is 71.8 cm³/mol. The zero-order valence-corrected chi connectivity index (χ0v) is 11.9. The highest BCUT2D eigenvalue weighted by Crippen LogP contribution is 2.46. The van der Waals surface area contributed by atoms with Crippen molar-refractivity contribution < 1.29 is 4.74 Å². The molecule has 2 aliphatic rings. The maximum atomic E-state index is 6.36. The Bertz CT molecular complexity index is 258. The van der Waals surface area contributed by atoms with E-state index in [0.717, 1.165) is 24.7 Å². The number of nitrogens with two attached hydrogens (primary N) is 1. The molecule has 2 aliphatic carbocycles. The highest BCUT2D eigenvalue weighted by Gasteiger charge is 2.50. The van der Waals surface area contributed by atoms with Crippen molar-refractivity contribution >= 4 is 0 Å². The fourth-order valence-electron chi connectivity index (χ4n) is 3.76. The van der Waals surface area contributed by atoms with Crippen LogP contribution in [0.4, 0.5) is 0 Å². The molecule has 5 unspecified atom stereocenters. The third kappa shape index (κ3) is 2.53. The van der Waals surface area contributed by atoms with E-state index in [1.807, 2.05) is 0 Å². The molecule has 2 saturated carbocycles. The molecule has 0 spiro atoms. The summed E-state index contributed by atoms with van der Waals surface area (Å²) in [4.78, 5) is 0. The van der Waals surface area contributed by atoms with Crippen LogP contribution in [0.3, 0.4) is 0 Å². The molecule has 100 valence electrons. The highest BCUT2D eigenvalue weighted by molar-refractivity contribution is 5.03. The average Bonchev–Trinajstić information content (AvgIpc) is 2.26. The van der Waals surface area contributed by atoms with Crippen molar-refractivity contribution in [3.05, 3.63) is 0 Å². The molecule has 2 heteroatoms. The van der Waals surface area contributed by atoms with Gasteiger partial charge >= 0.3 is 0 Å². The minimum Gasteiger partial charge on any atom is -0.374 e. The fourth-order valence-corrected chi connectivity index (χ4v) is 3.76. The molecule has 0 aromatic heterocycles. The van der Waals surface area contributed by atoms with Crippen LogP contribution in [-0.2, 0) is 4.74 Å². The minimum absolute atomic E-state index is 0.226. The van der Waals surface area contributed by atoms with Crippen molar-refractivity contribution in [2.45, 2.75) is 78.0 Å². The molecule has 0 aromatic carbocycles. The van der Waals surface area contributed by atoms with E-state index in [2.05, 4.69) is 27.7 Å². The summed E-state index contributed by atoms with van der Waals surface area (Å²) in [7, 11) is 0. The monoisotopic (exact) mass is 239 g/mol. The van der Waals surface area contributed by atoms with Crippen LogP contribution in [0, 0.1) is 17.3 Å². The zero-order valence-electron chi connectivity index (χ0n) is 11.9. The van der Waals surface area contributed by atoms with Crippen LogP contribution in [0.2, 0.25) is 0 Å². The molecule has 0 heterocycles. The number of ether oxygens (including phenoxy) is 1. The van der Waals surface area contributed by atoms with Gasteiger partial charge in [0, 0.05) is 11.5 Å². The average molecular weight is 239 g/mol. The van der Waals surface area contributed by atoms with Crippen LogP contribution in [0.1, 0.15) is 59.8 Å². The van der Waals surface area contributed by atoms with Crippen molar-refractivity contribution in [3.63, 3.8) is 0 Å². The quantitative estimate of drug-likeness (QED) is 0.820. The van der Waals surface area contributed by atoms with Crippen LogP contribution < -0.4 is 5.73 Å². The van der Waals surface area contributed by atoms with Gasteiger partial charge < -0.3 is 10.5 Å². The minimum atomic E-state index is 0.226. The highest BCUT2D eigenvalue weighted by atomic mass is 16.5. The summed E-state index contributed by atoms with van der Waals surface area (Å²) in [6.07, 6.45) is 6.95. The summed E-state index contributed by atoms with van der Waals surface area (Å²) in [5.74, 6) is 1.65. The van der Waals surface area contributed by atoms with E-state index >= 15 is 0 Å². The van der Waals surface area contributed by atoms with E-state index in [0.29, 0.717) is 18.2 Å². The molecule has 0 bridgehead atoms. The Morgan fingerprint density at radius 3 is 2.18 bits per heavy atom. The van der Waals surface area contributed by atoms with E-state index in [4.69, 9.17) is 10.5 Å². The van der Waals surface area contributed by atoms with Gasteiger partial charge in [-0.3, -0.25) is 0 Å². The molecule has 0 saturated heterocycles. The summed E-state index contributed by atoms with van der Waals surface area (Å²) in [5, 5.41) is 0. The third-order valence-corrected chi connectivity index (χ3v) is 5.30. The second kappa shape index (κ2) is 4.89. The Kier molecular flexibility index (Phi) is 3.84. The second-order valence-corrected chi connectivity index (χ2v) is 6.87. The smallest absolute Gasteiger partial charge is 0.0662 e. The lowest BCUT2D eigenvalue weighted by molar-refractivity contribution is -0.162. The summed E-state index contributed by atoms with van der Waals surface area (Å²) in [6, 6.07) is 0.343. The molecule has 0 aromatic rings. The standard InChI is InChI=1S/C15H29NO/c1-5-15(4)13(16)9-14(15)17-12-7-10(2)6-11(3)8-12/h10-14H,5-9,16H2,1-4H3. The summed E-state index contributed by atoms with van der Waals surface area (Å²) in [5.41, 5.74) is 6.36. The number of rotatable bonds is 3. The lowest BCUT2D eigenvalue weighted by Gasteiger charge is -2.53. The second-order valence-electron chi connectivity index (χ2n) is 6.87. The molecule has 0 amide bonds. The summed E-state index contributed by atoms with van der Waals surface area (Å²) < 4.78 is 6.36. The van der Waals surface area contributed by atoms with Crippen molar-refractivity contribution in [2.75, 3.05) is 0 Å². The van der Waals surface area contributed by atoms with Crippen LogP contribution in [0.5, 0.6) is 0 Å². The first kappa shape index (κ1) is 13.4. The van der Waals surface area contributed by atoms with Crippen LogP contribution in [0.15, 0.2) is 0 Å². The maximum absolute atomic E-state index is 6.36. The van der Waals surface area contributed by atoms with Gasteiger partial charge in [0.05, 0.1) is 12.2 Å². The first-order valence-corrected chi connectivity index (χ1v) is 7.36. The van der Waals surface area contributed by atoms with Gasteiger partial charge in [0.15, 0.2) is 0 Å². The van der Waals surface area contributed by atoms with Gasteiger partial charge in [0.1, 0.15) is 0 Å². The van der Waals surface area contributed by atoms with E-state index in [1.165, 1.54) is 19.3 Å². The molecule has 2 N–H and O–H groups in total. The van der Waals surface area contributed by atoms with Gasteiger partial charge in [-0.2, -0.15) is 0 Å². The van der Waals surface area contributed by atoms with Crippen LogP contribution in [0.25, 0.3) is 0 Å². The molecule has 2 nitrogen and oxygen atoms in total. The predicted octanol–water partition coefficient (Wildman–Crippen LogP) is 3.34. The van der Waals surface area contributed by atoms with Crippen molar-refractivity contribution in [2.24, 2.45) is 23.0 Å². The normalized spacial score (nSPS) is 51.0. The zero-order chi connectivity index (χ0) is 12.6. The molecule has 2 fully saturated rings. The molecule has 17 heavy (non-hydrogen) atoms. The van der Waals surface area contributed by atoms with E-state index in [9.17, 15) is 0 Å². The van der Waals surface area contributed by atoms with Crippen molar-refractivity contribution in [3.8, 4) is 0 Å². The molecule has 5 atom stereocenters. The SMILES string of the molecule is CCC1(C)C(N)CC1OC1CC(C)CC(C)C1. The number of hydrogen-bond donors (Lipinski definition) is 1. The Morgan fingerprint density at radius 1 is 1.12 bits per heavy atom. The first-order chi connectivity index (χ1) is 7.95. The number of hydrogen-bond acceptors (Lipinski definition) is 2. The molecular weight excluding hydrogens is 210 g/mol. The molecule has 2 rings (SSSR count). The Hall–Kier alpha value is -0.0800. The molecule has 0 aliphatic heterocycles. The Morgan fingerprint density at radius 2 is 1.71 bits per heavy atom. The van der Waals surface area contributed by atoms with Gasteiger partial charge in [-0.1, -0.05) is 27.7 Å². The van der Waals surface area contributed by atoms with Crippen molar-refractivity contribution in [1.29, 1.82) is 0 Å². The van der Waals surface area contributed by atoms with Crippen LogP contribution >= 0.6 is 0 Å². The molecular formula is C15H29NO. The Balaban J connectivity index is 1.89. The van der Waals surface area contributed by atoms with Gasteiger partial charge in [-0.25, -0.2) is 0 Å². The van der Waals surface area contributed by atoms with Crippen molar-refractivity contribution in [1.82, 2.24) is 0 Å². The Labute approximate surface area is 106 Å². The van der Waals surface area contributed by atoms with E-state index in [1.54, 1.807) is 0 Å². The largest absolute Gasteiger partial charge is 0.374 e. The van der Waals surface area contributed by atoms with Gasteiger partial charge in [0.2, 0.25) is 0 Å².